The molecule has 2 rings (SSSR count). The van der Waals surface area contributed by atoms with Crippen molar-refractivity contribution >= 4 is 21.6 Å². The van der Waals surface area contributed by atoms with Gasteiger partial charge in [0.25, 0.3) is 5.56 Å². The lowest BCUT2D eigenvalue weighted by molar-refractivity contribution is 0.340. The van der Waals surface area contributed by atoms with Gasteiger partial charge < -0.3 is 9.64 Å². The van der Waals surface area contributed by atoms with Crippen molar-refractivity contribution < 1.29 is 4.74 Å². The highest BCUT2D eigenvalue weighted by molar-refractivity contribution is 9.10. The summed E-state index contributed by atoms with van der Waals surface area (Å²) in [5.74, 6) is 0.861. The largest absolute Gasteiger partial charge is 0.494 e. The lowest BCUT2D eigenvalue weighted by Gasteiger charge is -2.20. The molecule has 0 radical (unpaired) electrons. The first-order valence-corrected chi connectivity index (χ1v) is 7.47. The third-order valence-corrected chi connectivity index (χ3v) is 3.87. The summed E-state index contributed by atoms with van der Waals surface area (Å²) in [6.45, 7) is 3.30. The second-order valence-corrected chi connectivity index (χ2v) is 5.50. The van der Waals surface area contributed by atoms with Gasteiger partial charge in [-0.3, -0.25) is 4.79 Å². The predicted molar refractivity (Wildman–Crippen MR) is 86.9 cm³/mol. The smallest absolute Gasteiger partial charge is 0.282 e. The number of rotatable bonds is 5. The van der Waals surface area contributed by atoms with Crippen molar-refractivity contribution in [1.82, 2.24) is 9.78 Å². The SMILES string of the molecule is CCOc1ccc(CN(C)c2cnn(C)c(=O)c2Br)cc1. The number of benzene rings is 1. The van der Waals surface area contributed by atoms with Gasteiger partial charge in [-0.1, -0.05) is 12.1 Å². The maximum Gasteiger partial charge on any atom is 0.282 e. The normalized spacial score (nSPS) is 10.5. The molecule has 0 fully saturated rings. The number of nitrogens with zero attached hydrogens (tertiary/aromatic N) is 3. The highest BCUT2D eigenvalue weighted by atomic mass is 79.9. The fourth-order valence-corrected chi connectivity index (χ4v) is 2.65. The number of aromatic nitrogens is 2. The Morgan fingerprint density at radius 2 is 2.00 bits per heavy atom. The average molecular weight is 352 g/mol. The third kappa shape index (κ3) is 3.64. The van der Waals surface area contributed by atoms with Gasteiger partial charge in [0.1, 0.15) is 10.2 Å². The Labute approximate surface area is 132 Å². The maximum absolute atomic E-state index is 11.9. The molecule has 0 atom stereocenters. The second-order valence-electron chi connectivity index (χ2n) is 4.71. The van der Waals surface area contributed by atoms with E-state index in [-0.39, 0.29) is 5.56 Å². The van der Waals surface area contributed by atoms with Gasteiger partial charge in [0.15, 0.2) is 0 Å². The first-order valence-electron chi connectivity index (χ1n) is 6.67. The molecule has 0 aliphatic heterocycles. The van der Waals surface area contributed by atoms with Gasteiger partial charge in [-0.25, -0.2) is 4.68 Å². The summed E-state index contributed by atoms with van der Waals surface area (Å²) in [5.41, 5.74) is 1.76. The van der Waals surface area contributed by atoms with E-state index in [0.29, 0.717) is 17.6 Å². The standard InChI is InChI=1S/C15H18BrN3O2/c1-4-21-12-7-5-11(6-8-12)10-18(2)13-9-17-19(3)15(20)14(13)16/h5-9H,4,10H2,1-3H3. The minimum absolute atomic E-state index is 0.147. The molecule has 6 heteroatoms. The molecule has 21 heavy (non-hydrogen) atoms. The first kappa shape index (κ1) is 15.6. The Bertz CT molecular complexity index is 668. The van der Waals surface area contributed by atoms with E-state index in [1.165, 1.54) is 4.68 Å². The van der Waals surface area contributed by atoms with Gasteiger partial charge in [-0.15, -0.1) is 0 Å². The zero-order valence-electron chi connectivity index (χ0n) is 12.3. The van der Waals surface area contributed by atoms with Crippen molar-refractivity contribution in [2.24, 2.45) is 7.05 Å². The van der Waals surface area contributed by atoms with Gasteiger partial charge in [-0.05, 0) is 40.5 Å². The molecule has 0 N–H and O–H groups in total. The fourth-order valence-electron chi connectivity index (χ4n) is 1.98. The molecule has 0 saturated carbocycles. The van der Waals surface area contributed by atoms with Crippen molar-refractivity contribution in [2.75, 3.05) is 18.6 Å². The molecule has 0 amide bonds. The summed E-state index contributed by atoms with van der Waals surface area (Å²) >= 11 is 3.34. The van der Waals surface area contributed by atoms with Crippen LogP contribution in [-0.2, 0) is 13.6 Å². The topological polar surface area (TPSA) is 47.4 Å². The molecule has 0 unspecified atom stereocenters. The van der Waals surface area contributed by atoms with Crippen molar-refractivity contribution in [3.05, 3.63) is 50.9 Å². The van der Waals surface area contributed by atoms with Crippen LogP contribution in [0.25, 0.3) is 0 Å². The first-order chi connectivity index (χ1) is 10.0. The molecule has 0 bridgehead atoms. The number of hydrogen-bond acceptors (Lipinski definition) is 4. The second kappa shape index (κ2) is 6.76. The summed E-state index contributed by atoms with van der Waals surface area (Å²) in [7, 11) is 3.56. The Balaban J connectivity index is 2.16. The summed E-state index contributed by atoms with van der Waals surface area (Å²) in [4.78, 5) is 13.9. The van der Waals surface area contributed by atoms with Crippen molar-refractivity contribution in [3.63, 3.8) is 0 Å². The molecule has 5 nitrogen and oxygen atoms in total. The maximum atomic E-state index is 11.9. The zero-order chi connectivity index (χ0) is 15.4. The van der Waals surface area contributed by atoms with E-state index in [0.717, 1.165) is 17.0 Å². The summed E-state index contributed by atoms with van der Waals surface area (Å²) in [6, 6.07) is 7.93. The summed E-state index contributed by atoms with van der Waals surface area (Å²) < 4.78 is 7.25. The number of aryl methyl sites for hydroxylation is 1. The van der Waals surface area contributed by atoms with Crippen LogP contribution >= 0.6 is 15.9 Å². The molecule has 2 aromatic rings. The van der Waals surface area contributed by atoms with Gasteiger partial charge in [-0.2, -0.15) is 5.10 Å². The molecule has 1 aromatic carbocycles. The number of halogens is 1. The van der Waals surface area contributed by atoms with Crippen molar-refractivity contribution in [3.8, 4) is 5.75 Å². The van der Waals surface area contributed by atoms with E-state index in [4.69, 9.17) is 4.74 Å². The highest BCUT2D eigenvalue weighted by Crippen LogP contribution is 2.22. The summed E-state index contributed by atoms with van der Waals surface area (Å²) in [6.07, 6.45) is 1.68. The van der Waals surface area contributed by atoms with Crippen LogP contribution in [0.4, 0.5) is 5.69 Å². The van der Waals surface area contributed by atoms with E-state index in [1.807, 2.05) is 43.1 Å². The lowest BCUT2D eigenvalue weighted by Crippen LogP contribution is -2.25. The van der Waals surface area contributed by atoms with E-state index in [9.17, 15) is 4.79 Å². The van der Waals surface area contributed by atoms with E-state index in [1.54, 1.807) is 13.2 Å². The Morgan fingerprint density at radius 1 is 1.33 bits per heavy atom. The quantitative estimate of drug-likeness (QED) is 0.830. The Morgan fingerprint density at radius 3 is 2.62 bits per heavy atom. The highest BCUT2D eigenvalue weighted by Gasteiger charge is 2.11. The van der Waals surface area contributed by atoms with Crippen LogP contribution in [0.1, 0.15) is 12.5 Å². The van der Waals surface area contributed by atoms with Gasteiger partial charge >= 0.3 is 0 Å². The molecule has 0 saturated heterocycles. The minimum Gasteiger partial charge on any atom is -0.494 e. The van der Waals surface area contributed by atoms with E-state index in [2.05, 4.69) is 21.0 Å². The predicted octanol–water partition coefficient (Wildman–Crippen LogP) is 2.58. The van der Waals surface area contributed by atoms with Gasteiger partial charge in [0, 0.05) is 20.6 Å². The Kier molecular flexibility index (Phi) is 5.01. The molecule has 0 aliphatic rings. The third-order valence-electron chi connectivity index (χ3n) is 3.13. The number of hydrogen-bond donors (Lipinski definition) is 0. The molecular formula is C15H18BrN3O2. The van der Waals surface area contributed by atoms with Crippen LogP contribution in [-0.4, -0.2) is 23.4 Å². The van der Waals surface area contributed by atoms with Gasteiger partial charge in [0.2, 0.25) is 0 Å². The molecule has 1 aromatic heterocycles. The molecule has 0 spiro atoms. The van der Waals surface area contributed by atoms with Crippen LogP contribution < -0.4 is 15.2 Å². The van der Waals surface area contributed by atoms with Crippen molar-refractivity contribution in [2.45, 2.75) is 13.5 Å². The number of ether oxygens (including phenoxy) is 1. The lowest BCUT2D eigenvalue weighted by atomic mass is 10.2. The molecule has 0 aliphatic carbocycles. The molecule has 1 heterocycles. The monoisotopic (exact) mass is 351 g/mol. The Hall–Kier alpha value is -1.82. The van der Waals surface area contributed by atoms with Gasteiger partial charge in [0.05, 0.1) is 18.5 Å². The van der Waals surface area contributed by atoms with E-state index < -0.39 is 0 Å². The van der Waals surface area contributed by atoms with Crippen LogP contribution in [0, 0.1) is 0 Å². The number of anilines is 1. The fraction of sp³-hybridized carbons (Fsp3) is 0.333. The van der Waals surface area contributed by atoms with Crippen molar-refractivity contribution in [1.29, 1.82) is 0 Å². The molecule has 112 valence electrons. The average Bonchev–Trinajstić information content (AvgIpc) is 2.47. The van der Waals surface area contributed by atoms with Crippen LogP contribution in [0.5, 0.6) is 5.75 Å². The minimum atomic E-state index is -0.147. The van der Waals surface area contributed by atoms with Crippen LogP contribution in [0.3, 0.4) is 0 Å². The van der Waals surface area contributed by atoms with Crippen LogP contribution in [0.2, 0.25) is 0 Å². The zero-order valence-corrected chi connectivity index (χ0v) is 13.9. The molecular weight excluding hydrogens is 334 g/mol. The van der Waals surface area contributed by atoms with E-state index >= 15 is 0 Å². The summed E-state index contributed by atoms with van der Waals surface area (Å²) in [5, 5.41) is 4.05. The van der Waals surface area contributed by atoms with Crippen LogP contribution in [0.15, 0.2) is 39.7 Å².